The summed E-state index contributed by atoms with van der Waals surface area (Å²) in [5.41, 5.74) is 2.06. The van der Waals surface area contributed by atoms with E-state index in [0.29, 0.717) is 28.6 Å². The van der Waals surface area contributed by atoms with Crippen LogP contribution in [0.25, 0.3) is 11.4 Å². The van der Waals surface area contributed by atoms with Gasteiger partial charge < -0.3 is 10.1 Å². The summed E-state index contributed by atoms with van der Waals surface area (Å²) in [5.74, 6) is 0.336. The van der Waals surface area contributed by atoms with Crippen LogP contribution in [0.2, 0.25) is 0 Å². The van der Waals surface area contributed by atoms with Crippen LogP contribution in [0.3, 0.4) is 0 Å². The summed E-state index contributed by atoms with van der Waals surface area (Å²) in [7, 11) is 0. The van der Waals surface area contributed by atoms with Gasteiger partial charge in [-0.1, -0.05) is 12.1 Å². The van der Waals surface area contributed by atoms with E-state index in [9.17, 15) is 14.9 Å². The standard InChI is InChI=1S/C20H18N6O4/c1-3-30-19(27)16-12(2)22-20-23-18(13-7-9-21-10-8-13)24-25(20)17(16)14-5-4-6-15(11-14)26(28)29/h4-11,17H,3H2,1-2H3,(H,22,23,24)/t17-/m1/s1. The van der Waals surface area contributed by atoms with Crippen molar-refractivity contribution in [3.8, 4) is 11.4 Å². The molecule has 0 radical (unpaired) electrons. The molecule has 2 aromatic heterocycles. The number of esters is 1. The summed E-state index contributed by atoms with van der Waals surface area (Å²) in [6.45, 7) is 3.65. The SMILES string of the molecule is CCOC(=O)C1=C(C)Nc2nc(-c3ccncc3)nn2[C@@H]1c1cccc([N+](=O)[O-])c1. The fraction of sp³-hybridized carbons (Fsp3) is 0.200. The van der Waals surface area contributed by atoms with Gasteiger partial charge in [0.05, 0.1) is 17.1 Å². The number of ether oxygens (including phenoxy) is 1. The predicted octanol–water partition coefficient (Wildman–Crippen LogP) is 3.10. The number of hydrogen-bond acceptors (Lipinski definition) is 8. The number of anilines is 1. The van der Waals surface area contributed by atoms with Crippen molar-refractivity contribution in [3.63, 3.8) is 0 Å². The maximum atomic E-state index is 12.8. The molecule has 10 nitrogen and oxygen atoms in total. The second kappa shape index (κ2) is 7.74. The van der Waals surface area contributed by atoms with E-state index in [2.05, 4.69) is 20.4 Å². The number of pyridine rings is 1. The van der Waals surface area contributed by atoms with E-state index < -0.39 is 16.9 Å². The highest BCUT2D eigenvalue weighted by Crippen LogP contribution is 2.37. The summed E-state index contributed by atoms with van der Waals surface area (Å²) in [6, 6.07) is 8.94. The van der Waals surface area contributed by atoms with Crippen molar-refractivity contribution in [3.05, 3.63) is 75.7 Å². The smallest absolute Gasteiger partial charge is 0.338 e. The zero-order valence-corrected chi connectivity index (χ0v) is 16.3. The molecular weight excluding hydrogens is 388 g/mol. The fourth-order valence-corrected chi connectivity index (χ4v) is 3.36. The van der Waals surface area contributed by atoms with Gasteiger partial charge >= 0.3 is 5.97 Å². The number of nitro benzene ring substituents is 1. The van der Waals surface area contributed by atoms with Crippen LogP contribution in [0.4, 0.5) is 11.6 Å². The molecule has 4 rings (SSSR count). The topological polar surface area (TPSA) is 125 Å². The Bertz CT molecular complexity index is 1160. The molecule has 152 valence electrons. The molecule has 1 aliphatic heterocycles. The van der Waals surface area contributed by atoms with Crippen molar-refractivity contribution in [1.29, 1.82) is 0 Å². The van der Waals surface area contributed by atoms with Gasteiger partial charge in [-0.15, -0.1) is 5.10 Å². The Morgan fingerprint density at radius 2 is 2.07 bits per heavy atom. The number of aromatic nitrogens is 4. The van der Waals surface area contributed by atoms with E-state index in [1.807, 2.05) is 0 Å². The number of nitrogens with zero attached hydrogens (tertiary/aromatic N) is 5. The van der Waals surface area contributed by atoms with Crippen molar-refractivity contribution in [2.45, 2.75) is 19.9 Å². The van der Waals surface area contributed by atoms with Crippen LogP contribution >= 0.6 is 0 Å². The summed E-state index contributed by atoms with van der Waals surface area (Å²) in [4.78, 5) is 32.1. The lowest BCUT2D eigenvalue weighted by Gasteiger charge is -2.28. The van der Waals surface area contributed by atoms with Gasteiger partial charge in [0.1, 0.15) is 6.04 Å². The first-order chi connectivity index (χ1) is 14.5. The zero-order chi connectivity index (χ0) is 21.3. The quantitative estimate of drug-likeness (QED) is 0.389. The molecule has 0 bridgehead atoms. The summed E-state index contributed by atoms with van der Waals surface area (Å²) in [5, 5.41) is 19.0. The Morgan fingerprint density at radius 3 is 2.77 bits per heavy atom. The number of non-ortho nitro benzene ring substituents is 1. The van der Waals surface area contributed by atoms with Gasteiger partial charge in [0.25, 0.3) is 5.69 Å². The van der Waals surface area contributed by atoms with Crippen LogP contribution < -0.4 is 5.32 Å². The molecule has 1 aliphatic rings. The Balaban J connectivity index is 1.89. The van der Waals surface area contributed by atoms with Crippen LogP contribution in [-0.2, 0) is 9.53 Å². The summed E-state index contributed by atoms with van der Waals surface area (Å²) in [6.07, 6.45) is 3.27. The lowest BCUT2D eigenvalue weighted by atomic mass is 9.95. The number of carbonyl (C=O) groups is 1. The average Bonchev–Trinajstić information content (AvgIpc) is 3.17. The Morgan fingerprint density at radius 1 is 1.30 bits per heavy atom. The molecule has 0 fully saturated rings. The van der Waals surface area contributed by atoms with Crippen LogP contribution in [0, 0.1) is 10.1 Å². The molecule has 0 aliphatic carbocycles. The van der Waals surface area contributed by atoms with Crippen molar-refractivity contribution in [1.82, 2.24) is 19.7 Å². The molecule has 1 atom stereocenters. The van der Waals surface area contributed by atoms with Gasteiger partial charge in [-0.05, 0) is 31.5 Å². The largest absolute Gasteiger partial charge is 0.463 e. The molecule has 3 heterocycles. The maximum absolute atomic E-state index is 12.8. The van der Waals surface area contributed by atoms with Gasteiger partial charge in [-0.3, -0.25) is 15.1 Å². The molecule has 10 heteroatoms. The first-order valence-electron chi connectivity index (χ1n) is 9.25. The summed E-state index contributed by atoms with van der Waals surface area (Å²) >= 11 is 0. The van der Waals surface area contributed by atoms with Gasteiger partial charge in [-0.2, -0.15) is 4.98 Å². The van der Waals surface area contributed by atoms with Crippen LogP contribution in [0.15, 0.2) is 60.1 Å². The van der Waals surface area contributed by atoms with Crippen LogP contribution in [0.1, 0.15) is 25.5 Å². The molecule has 0 spiro atoms. The Labute approximate surface area is 171 Å². The fourth-order valence-electron chi connectivity index (χ4n) is 3.36. The second-order valence-corrected chi connectivity index (χ2v) is 6.58. The Hall–Kier alpha value is -4.08. The molecule has 0 saturated heterocycles. The molecule has 0 unspecified atom stereocenters. The van der Waals surface area contributed by atoms with E-state index in [0.717, 1.165) is 5.56 Å². The lowest BCUT2D eigenvalue weighted by Crippen LogP contribution is -2.29. The van der Waals surface area contributed by atoms with Crippen molar-refractivity contribution < 1.29 is 14.5 Å². The molecule has 1 aromatic carbocycles. The van der Waals surface area contributed by atoms with Gasteiger partial charge in [0, 0.05) is 35.8 Å². The minimum absolute atomic E-state index is 0.0806. The summed E-state index contributed by atoms with van der Waals surface area (Å²) < 4.78 is 6.80. The first kappa shape index (κ1) is 19.2. The molecule has 3 aromatic rings. The van der Waals surface area contributed by atoms with Gasteiger partial charge in [-0.25, -0.2) is 9.48 Å². The highest BCUT2D eigenvalue weighted by Gasteiger charge is 2.35. The zero-order valence-electron chi connectivity index (χ0n) is 16.3. The van der Waals surface area contributed by atoms with E-state index >= 15 is 0 Å². The number of rotatable bonds is 5. The van der Waals surface area contributed by atoms with Crippen molar-refractivity contribution in [2.75, 3.05) is 11.9 Å². The second-order valence-electron chi connectivity index (χ2n) is 6.58. The highest BCUT2D eigenvalue weighted by atomic mass is 16.6. The third kappa shape index (κ3) is 3.39. The van der Waals surface area contributed by atoms with Gasteiger partial charge in [0.2, 0.25) is 5.95 Å². The van der Waals surface area contributed by atoms with E-state index in [-0.39, 0.29) is 12.3 Å². The van der Waals surface area contributed by atoms with Crippen LogP contribution in [-0.4, -0.2) is 37.2 Å². The number of allylic oxidation sites excluding steroid dienone is 1. The maximum Gasteiger partial charge on any atom is 0.338 e. The third-order valence-corrected chi connectivity index (χ3v) is 4.68. The van der Waals surface area contributed by atoms with E-state index in [1.165, 1.54) is 12.1 Å². The number of benzene rings is 1. The number of carbonyl (C=O) groups excluding carboxylic acids is 1. The minimum atomic E-state index is -0.733. The first-order valence-corrected chi connectivity index (χ1v) is 9.25. The molecule has 0 amide bonds. The molecule has 30 heavy (non-hydrogen) atoms. The lowest BCUT2D eigenvalue weighted by molar-refractivity contribution is -0.384. The number of fused-ring (bicyclic) bond motifs is 1. The normalized spacial score (nSPS) is 15.3. The van der Waals surface area contributed by atoms with E-state index in [1.54, 1.807) is 55.2 Å². The number of nitro groups is 1. The molecule has 1 N–H and O–H groups in total. The monoisotopic (exact) mass is 406 g/mol. The predicted molar refractivity (Wildman–Crippen MR) is 107 cm³/mol. The van der Waals surface area contributed by atoms with Gasteiger partial charge in [0.15, 0.2) is 5.82 Å². The highest BCUT2D eigenvalue weighted by molar-refractivity contribution is 5.92. The number of hydrogen-bond donors (Lipinski definition) is 1. The Kier molecular flexibility index (Phi) is 4.97. The van der Waals surface area contributed by atoms with Crippen molar-refractivity contribution in [2.24, 2.45) is 0 Å². The van der Waals surface area contributed by atoms with E-state index in [4.69, 9.17) is 4.74 Å². The molecule has 0 saturated carbocycles. The van der Waals surface area contributed by atoms with Crippen LogP contribution in [0.5, 0.6) is 0 Å². The number of nitrogens with one attached hydrogen (secondary N) is 1. The third-order valence-electron chi connectivity index (χ3n) is 4.68. The minimum Gasteiger partial charge on any atom is -0.463 e. The average molecular weight is 406 g/mol. The molecular formula is C20H18N6O4. The van der Waals surface area contributed by atoms with Crippen molar-refractivity contribution >= 4 is 17.6 Å².